The lowest BCUT2D eigenvalue weighted by molar-refractivity contribution is -0.428. The molecule has 1 aliphatic heterocycles. The van der Waals surface area contributed by atoms with Crippen LogP contribution in [0.2, 0.25) is 0 Å². The Bertz CT molecular complexity index is 867. The third-order valence-corrected chi connectivity index (χ3v) is 3.67. The minimum atomic E-state index is -0.293. The fraction of sp³-hybridized carbons (Fsp3) is 0.125. The Morgan fingerprint density at radius 1 is 1.22 bits per heavy atom. The molecule has 0 radical (unpaired) electrons. The van der Waals surface area contributed by atoms with Crippen LogP contribution in [0.3, 0.4) is 0 Å². The van der Waals surface area contributed by atoms with Gasteiger partial charge in [0.15, 0.2) is 12.2 Å². The van der Waals surface area contributed by atoms with Gasteiger partial charge in [0.25, 0.3) is 11.6 Å². The molecule has 3 rings (SSSR count). The Balaban J connectivity index is 1.92. The summed E-state index contributed by atoms with van der Waals surface area (Å²) in [6.07, 6.45) is 1.58. The molecule has 6 nitrogen and oxygen atoms in total. The van der Waals surface area contributed by atoms with Crippen molar-refractivity contribution in [1.82, 2.24) is 10.6 Å². The fourth-order valence-electron chi connectivity index (χ4n) is 2.31. The van der Waals surface area contributed by atoms with Gasteiger partial charge in [-0.1, -0.05) is 12.1 Å². The number of aryl methyl sites for hydroxylation is 1. The Morgan fingerprint density at radius 3 is 2.65 bits per heavy atom. The molecule has 1 aromatic heterocycles. The van der Waals surface area contributed by atoms with E-state index in [4.69, 9.17) is 16.6 Å². The van der Waals surface area contributed by atoms with E-state index in [1.807, 2.05) is 19.1 Å². The van der Waals surface area contributed by atoms with Gasteiger partial charge in [-0.05, 0) is 31.3 Å². The molecular weight excluding hydrogens is 314 g/mol. The van der Waals surface area contributed by atoms with Gasteiger partial charge in [-0.15, -0.1) is 0 Å². The van der Waals surface area contributed by atoms with Crippen molar-refractivity contribution < 1.29 is 14.0 Å². The third kappa shape index (κ3) is 3.04. The second kappa shape index (κ2) is 5.77. The average Bonchev–Trinajstić information content (AvgIpc) is 3.06. The number of thiocarbonyl (C=S) groups is 1. The van der Waals surface area contributed by atoms with E-state index in [0.29, 0.717) is 22.9 Å². The van der Waals surface area contributed by atoms with Crippen LogP contribution in [-0.4, -0.2) is 22.8 Å². The number of carbonyl (C=O) groups excluding carboxylic acids is 1. The summed E-state index contributed by atoms with van der Waals surface area (Å²) in [5.41, 5.74) is 2.60. The van der Waals surface area contributed by atoms with Crippen LogP contribution >= 0.6 is 12.2 Å². The van der Waals surface area contributed by atoms with Crippen molar-refractivity contribution in [3.05, 3.63) is 52.3 Å². The Hall–Kier alpha value is -2.80. The number of nitrogens with zero attached hydrogens (tertiary/aromatic N) is 1. The molecule has 0 saturated carbocycles. The lowest BCUT2D eigenvalue weighted by Crippen LogP contribution is -2.21. The molecule has 0 atom stereocenters. The second-order valence-electron chi connectivity index (χ2n) is 5.17. The summed E-state index contributed by atoms with van der Waals surface area (Å²) in [5.74, 6) is 0.833. The summed E-state index contributed by atoms with van der Waals surface area (Å²) in [6.45, 7) is 1.87. The Labute approximate surface area is 137 Å². The van der Waals surface area contributed by atoms with Gasteiger partial charge in [-0.3, -0.25) is 10.1 Å². The summed E-state index contributed by atoms with van der Waals surface area (Å²) < 4.78 is 6.55. The molecule has 1 aliphatic rings. The van der Waals surface area contributed by atoms with E-state index < -0.39 is 0 Å². The quantitative estimate of drug-likeness (QED) is 0.515. The first-order chi connectivity index (χ1) is 10.9. The highest BCUT2D eigenvalue weighted by Gasteiger charge is 2.21. The molecular formula is C16H14N3O3S+. The largest absolute Gasteiger partial charge is 0.457 e. The van der Waals surface area contributed by atoms with E-state index in [-0.39, 0.29) is 11.0 Å². The summed E-state index contributed by atoms with van der Waals surface area (Å²) >= 11 is 4.87. The number of carbonyl (C=O) groups is 1. The summed E-state index contributed by atoms with van der Waals surface area (Å²) in [7, 11) is 1.46. The standard InChI is InChI=1S/C16H13N3O3S/c1-9-3-4-10(7-13(9)19(2)21)14-6-5-11(22-14)8-12-15(20)18-16(23)17-12/h3-8H,1-2H3,(H-,17,18,20,23)/p+1. The molecule has 1 aromatic carbocycles. The predicted molar refractivity (Wildman–Crippen MR) is 89.9 cm³/mol. The number of nitroso groups, excluding NO2 is 1. The van der Waals surface area contributed by atoms with Crippen LogP contribution in [0.4, 0.5) is 5.69 Å². The van der Waals surface area contributed by atoms with Crippen LogP contribution in [0.5, 0.6) is 0 Å². The van der Waals surface area contributed by atoms with Gasteiger partial charge in [0, 0.05) is 32.9 Å². The molecule has 1 amide bonds. The maximum absolute atomic E-state index is 11.6. The van der Waals surface area contributed by atoms with Gasteiger partial charge in [-0.2, -0.15) is 0 Å². The van der Waals surface area contributed by atoms with Crippen molar-refractivity contribution in [2.75, 3.05) is 7.05 Å². The lowest BCUT2D eigenvalue weighted by atomic mass is 10.1. The van der Waals surface area contributed by atoms with Crippen LogP contribution < -0.4 is 10.6 Å². The average molecular weight is 328 g/mol. The van der Waals surface area contributed by atoms with Gasteiger partial charge in [0.1, 0.15) is 17.2 Å². The molecule has 0 spiro atoms. The number of benzene rings is 1. The molecule has 7 heteroatoms. The maximum atomic E-state index is 11.6. The molecule has 116 valence electrons. The molecule has 2 heterocycles. The van der Waals surface area contributed by atoms with Gasteiger partial charge in [0.05, 0.1) is 0 Å². The zero-order valence-electron chi connectivity index (χ0n) is 12.5. The number of amides is 1. The van der Waals surface area contributed by atoms with Crippen LogP contribution in [0.15, 0.2) is 40.4 Å². The Morgan fingerprint density at radius 2 is 2.00 bits per heavy atom. The highest BCUT2D eigenvalue weighted by atomic mass is 32.1. The molecule has 0 unspecified atom stereocenters. The molecule has 2 N–H and O–H groups in total. The topological polar surface area (TPSA) is 74.3 Å². The minimum absolute atomic E-state index is 0.273. The first-order valence-corrected chi connectivity index (χ1v) is 7.30. The van der Waals surface area contributed by atoms with E-state index in [1.165, 1.54) is 7.05 Å². The normalized spacial score (nSPS) is 15.7. The highest BCUT2D eigenvalue weighted by molar-refractivity contribution is 7.80. The van der Waals surface area contributed by atoms with Gasteiger partial charge < -0.3 is 9.73 Å². The van der Waals surface area contributed by atoms with E-state index >= 15 is 0 Å². The van der Waals surface area contributed by atoms with Crippen molar-refractivity contribution in [2.45, 2.75) is 6.92 Å². The number of rotatable bonds is 3. The summed E-state index contributed by atoms with van der Waals surface area (Å²) in [4.78, 5) is 23.2. The third-order valence-electron chi connectivity index (χ3n) is 3.47. The summed E-state index contributed by atoms with van der Waals surface area (Å²) in [5, 5.41) is 5.51. The van der Waals surface area contributed by atoms with Crippen molar-refractivity contribution in [3.8, 4) is 11.3 Å². The number of furan rings is 1. The van der Waals surface area contributed by atoms with Crippen molar-refractivity contribution in [1.29, 1.82) is 0 Å². The Kier molecular flexibility index (Phi) is 3.79. The number of hydrogen-bond donors (Lipinski definition) is 2. The van der Waals surface area contributed by atoms with Gasteiger partial charge in [0.2, 0.25) is 0 Å². The molecule has 2 aromatic rings. The minimum Gasteiger partial charge on any atom is -0.457 e. The van der Waals surface area contributed by atoms with Crippen LogP contribution in [0, 0.1) is 11.8 Å². The summed E-state index contributed by atoms with van der Waals surface area (Å²) in [6, 6.07) is 9.06. The van der Waals surface area contributed by atoms with E-state index in [9.17, 15) is 9.70 Å². The van der Waals surface area contributed by atoms with E-state index in [2.05, 4.69) is 10.6 Å². The first-order valence-electron chi connectivity index (χ1n) is 6.90. The van der Waals surface area contributed by atoms with Crippen LogP contribution in [-0.2, 0) is 4.79 Å². The molecule has 0 aliphatic carbocycles. The van der Waals surface area contributed by atoms with Crippen LogP contribution in [0.25, 0.3) is 17.4 Å². The van der Waals surface area contributed by atoms with E-state index in [0.717, 1.165) is 15.9 Å². The maximum Gasteiger partial charge on any atom is 0.274 e. The van der Waals surface area contributed by atoms with Crippen LogP contribution in [0.1, 0.15) is 11.3 Å². The molecule has 1 fully saturated rings. The van der Waals surface area contributed by atoms with E-state index in [1.54, 1.807) is 24.3 Å². The zero-order chi connectivity index (χ0) is 16.6. The molecule has 23 heavy (non-hydrogen) atoms. The molecule has 1 saturated heterocycles. The number of nitrogens with one attached hydrogen (secondary N) is 2. The number of hydrogen-bond acceptors (Lipinski definition) is 4. The SMILES string of the molecule is Cc1ccc(-c2ccc(C=C3NC(=S)NC3=O)o2)cc1[N+](C)=O. The second-order valence-corrected chi connectivity index (χ2v) is 5.58. The van der Waals surface area contributed by atoms with Crippen molar-refractivity contribution >= 4 is 35.0 Å². The highest BCUT2D eigenvalue weighted by Crippen LogP contribution is 2.28. The first kappa shape index (κ1) is 15.1. The smallest absolute Gasteiger partial charge is 0.274 e. The molecule has 0 bridgehead atoms. The lowest BCUT2D eigenvalue weighted by Gasteiger charge is -1.99. The van der Waals surface area contributed by atoms with Gasteiger partial charge in [-0.25, -0.2) is 0 Å². The van der Waals surface area contributed by atoms with Crippen molar-refractivity contribution in [3.63, 3.8) is 0 Å². The fourth-order valence-corrected chi connectivity index (χ4v) is 2.51. The van der Waals surface area contributed by atoms with Crippen molar-refractivity contribution in [2.24, 2.45) is 0 Å². The predicted octanol–water partition coefficient (Wildman–Crippen LogP) is 2.64. The van der Waals surface area contributed by atoms with Gasteiger partial charge >= 0.3 is 0 Å². The monoisotopic (exact) mass is 328 g/mol. The zero-order valence-corrected chi connectivity index (χ0v) is 13.4.